The van der Waals surface area contributed by atoms with Gasteiger partial charge in [0.1, 0.15) is 6.17 Å². The van der Waals surface area contributed by atoms with Crippen LogP contribution >= 0.6 is 0 Å². The quantitative estimate of drug-likeness (QED) is 0.302. The van der Waals surface area contributed by atoms with E-state index in [4.69, 9.17) is 5.26 Å². The largest absolute Gasteiger partial charge is 0.242 e. The molecule has 0 aliphatic carbocycles. The standard InChI is InChI=1S/C29H26FN/c1-2-3-8-28(29(30)27-18-15-22-6-4-5-7-26(22)19-27)25-16-13-24(14-17-25)23-11-9-21(20-31)10-12-23/h4-7,9-19,28-29H,2-3,8H2,1H3. The van der Waals surface area contributed by atoms with Gasteiger partial charge in [0, 0.05) is 5.92 Å². The highest BCUT2D eigenvalue weighted by molar-refractivity contribution is 5.83. The van der Waals surface area contributed by atoms with Gasteiger partial charge in [-0.15, -0.1) is 0 Å². The molecule has 0 saturated carbocycles. The molecule has 1 nitrogen and oxygen atoms in total. The van der Waals surface area contributed by atoms with Crippen molar-refractivity contribution in [1.29, 1.82) is 5.26 Å². The molecule has 0 amide bonds. The molecule has 0 aromatic heterocycles. The van der Waals surface area contributed by atoms with E-state index in [1.54, 1.807) is 0 Å². The molecule has 0 heterocycles. The van der Waals surface area contributed by atoms with Crippen LogP contribution < -0.4 is 0 Å². The van der Waals surface area contributed by atoms with Crippen molar-refractivity contribution < 1.29 is 4.39 Å². The molecule has 0 N–H and O–H groups in total. The van der Waals surface area contributed by atoms with E-state index in [1.165, 1.54) is 0 Å². The van der Waals surface area contributed by atoms with Gasteiger partial charge >= 0.3 is 0 Å². The number of fused-ring (bicyclic) bond motifs is 1. The summed E-state index contributed by atoms with van der Waals surface area (Å²) in [6.45, 7) is 2.15. The Morgan fingerprint density at radius 3 is 2.03 bits per heavy atom. The Bertz CT molecular complexity index is 1190. The summed E-state index contributed by atoms with van der Waals surface area (Å²) in [6, 6.07) is 32.0. The van der Waals surface area contributed by atoms with E-state index in [0.717, 1.165) is 52.3 Å². The van der Waals surface area contributed by atoms with Gasteiger partial charge in [-0.05, 0) is 57.6 Å². The van der Waals surface area contributed by atoms with Gasteiger partial charge in [-0.2, -0.15) is 5.26 Å². The highest BCUT2D eigenvalue weighted by Gasteiger charge is 2.24. The Hall–Kier alpha value is -3.44. The van der Waals surface area contributed by atoms with E-state index >= 15 is 4.39 Å². The van der Waals surface area contributed by atoms with Gasteiger partial charge in [0.25, 0.3) is 0 Å². The molecule has 4 aromatic rings. The van der Waals surface area contributed by atoms with Crippen LogP contribution in [0.2, 0.25) is 0 Å². The lowest BCUT2D eigenvalue weighted by Gasteiger charge is -2.23. The summed E-state index contributed by atoms with van der Waals surface area (Å²) in [7, 11) is 0. The van der Waals surface area contributed by atoms with E-state index in [2.05, 4.69) is 43.3 Å². The Morgan fingerprint density at radius 2 is 1.39 bits per heavy atom. The molecule has 2 heteroatoms. The minimum Gasteiger partial charge on any atom is -0.242 e. The Kier molecular flexibility index (Phi) is 6.43. The molecule has 31 heavy (non-hydrogen) atoms. The number of halogens is 1. The first-order valence-electron chi connectivity index (χ1n) is 10.9. The number of unbranched alkanes of at least 4 members (excludes halogenated alkanes) is 1. The zero-order valence-corrected chi connectivity index (χ0v) is 17.8. The zero-order chi connectivity index (χ0) is 21.6. The van der Waals surface area contributed by atoms with Crippen molar-refractivity contribution >= 4 is 10.8 Å². The van der Waals surface area contributed by atoms with E-state index in [9.17, 15) is 0 Å². The summed E-state index contributed by atoms with van der Waals surface area (Å²) in [5, 5.41) is 11.2. The van der Waals surface area contributed by atoms with Crippen LogP contribution in [-0.2, 0) is 0 Å². The maximum absolute atomic E-state index is 15.8. The average Bonchev–Trinajstić information content (AvgIpc) is 2.84. The lowest BCUT2D eigenvalue weighted by atomic mass is 9.85. The Labute approximate surface area is 183 Å². The molecule has 0 aliphatic rings. The number of rotatable bonds is 7. The van der Waals surface area contributed by atoms with Crippen LogP contribution in [0.3, 0.4) is 0 Å². The van der Waals surface area contributed by atoms with Gasteiger partial charge in [0.2, 0.25) is 0 Å². The summed E-state index contributed by atoms with van der Waals surface area (Å²) in [5.74, 6) is -0.170. The van der Waals surface area contributed by atoms with Crippen LogP contribution in [0, 0.1) is 11.3 Å². The summed E-state index contributed by atoms with van der Waals surface area (Å²) in [6.07, 6.45) is 1.82. The van der Waals surface area contributed by atoms with Gasteiger partial charge in [0.05, 0.1) is 11.6 Å². The van der Waals surface area contributed by atoms with Crippen molar-refractivity contribution in [1.82, 2.24) is 0 Å². The van der Waals surface area contributed by atoms with Gasteiger partial charge in [-0.1, -0.05) is 92.6 Å². The first kappa shape index (κ1) is 20.8. The molecular weight excluding hydrogens is 381 g/mol. The number of nitrogens with zero attached hydrogens (tertiary/aromatic N) is 1. The second-order valence-corrected chi connectivity index (χ2v) is 8.07. The van der Waals surface area contributed by atoms with Crippen molar-refractivity contribution in [3.63, 3.8) is 0 Å². The fraction of sp³-hybridized carbons (Fsp3) is 0.207. The second kappa shape index (κ2) is 9.58. The Morgan fingerprint density at radius 1 is 0.774 bits per heavy atom. The minimum atomic E-state index is -1.04. The van der Waals surface area contributed by atoms with Gasteiger partial charge in [-0.25, -0.2) is 4.39 Å². The maximum atomic E-state index is 15.8. The van der Waals surface area contributed by atoms with Crippen LogP contribution in [0.5, 0.6) is 0 Å². The number of nitriles is 1. The number of benzene rings is 4. The van der Waals surface area contributed by atoms with Gasteiger partial charge in [0.15, 0.2) is 0 Å². The third-order valence-electron chi connectivity index (χ3n) is 6.00. The molecule has 0 saturated heterocycles. The summed E-state index contributed by atoms with van der Waals surface area (Å²) < 4.78 is 15.8. The molecule has 2 atom stereocenters. The maximum Gasteiger partial charge on any atom is 0.132 e. The average molecular weight is 408 g/mol. The summed E-state index contributed by atoms with van der Waals surface area (Å²) >= 11 is 0. The summed E-state index contributed by atoms with van der Waals surface area (Å²) in [4.78, 5) is 0. The lowest BCUT2D eigenvalue weighted by molar-refractivity contribution is 0.274. The van der Waals surface area contributed by atoms with Crippen molar-refractivity contribution in [2.45, 2.75) is 38.3 Å². The topological polar surface area (TPSA) is 23.8 Å². The van der Waals surface area contributed by atoms with Crippen LogP contribution in [0.25, 0.3) is 21.9 Å². The summed E-state index contributed by atoms with van der Waals surface area (Å²) in [5.41, 5.74) is 4.56. The molecule has 4 aromatic carbocycles. The third-order valence-corrected chi connectivity index (χ3v) is 6.00. The molecule has 2 unspecified atom stereocenters. The lowest BCUT2D eigenvalue weighted by Crippen LogP contribution is -2.08. The van der Waals surface area contributed by atoms with Crippen molar-refractivity contribution in [3.05, 3.63) is 108 Å². The predicted octanol–water partition coefficient (Wildman–Crippen LogP) is 8.36. The Balaban J connectivity index is 1.62. The fourth-order valence-electron chi connectivity index (χ4n) is 4.18. The van der Waals surface area contributed by atoms with Crippen molar-refractivity contribution in [3.8, 4) is 17.2 Å². The molecule has 0 radical (unpaired) electrons. The van der Waals surface area contributed by atoms with Gasteiger partial charge < -0.3 is 0 Å². The molecule has 0 fully saturated rings. The van der Waals surface area contributed by atoms with Crippen LogP contribution in [-0.4, -0.2) is 0 Å². The predicted molar refractivity (Wildman–Crippen MR) is 127 cm³/mol. The number of hydrogen-bond donors (Lipinski definition) is 0. The first-order chi connectivity index (χ1) is 15.2. The smallest absolute Gasteiger partial charge is 0.132 e. The van der Waals surface area contributed by atoms with E-state index in [1.807, 2.05) is 60.7 Å². The molecular formula is C29H26FN. The second-order valence-electron chi connectivity index (χ2n) is 8.07. The highest BCUT2D eigenvalue weighted by Crippen LogP contribution is 2.39. The number of hydrogen-bond acceptors (Lipinski definition) is 1. The molecule has 0 bridgehead atoms. The van der Waals surface area contributed by atoms with Crippen LogP contribution in [0.15, 0.2) is 91.0 Å². The van der Waals surface area contributed by atoms with Crippen LogP contribution in [0.4, 0.5) is 4.39 Å². The first-order valence-corrected chi connectivity index (χ1v) is 10.9. The number of alkyl halides is 1. The monoisotopic (exact) mass is 407 g/mol. The van der Waals surface area contributed by atoms with E-state index in [0.29, 0.717) is 5.56 Å². The molecule has 4 rings (SSSR count). The molecule has 0 aliphatic heterocycles. The molecule has 154 valence electrons. The molecule has 0 spiro atoms. The van der Waals surface area contributed by atoms with Crippen molar-refractivity contribution in [2.75, 3.05) is 0 Å². The fourth-order valence-corrected chi connectivity index (χ4v) is 4.18. The van der Waals surface area contributed by atoms with Gasteiger partial charge in [-0.3, -0.25) is 0 Å². The van der Waals surface area contributed by atoms with Crippen molar-refractivity contribution in [2.24, 2.45) is 0 Å². The SMILES string of the molecule is CCCCC(c1ccc(-c2ccc(C#N)cc2)cc1)C(F)c1ccc2ccccc2c1. The highest BCUT2D eigenvalue weighted by atomic mass is 19.1. The van der Waals surface area contributed by atoms with E-state index in [-0.39, 0.29) is 5.92 Å². The normalized spacial score (nSPS) is 12.9. The minimum absolute atomic E-state index is 0.170. The zero-order valence-electron chi connectivity index (χ0n) is 17.8. The van der Waals surface area contributed by atoms with E-state index < -0.39 is 6.17 Å². The third kappa shape index (κ3) is 4.67. The van der Waals surface area contributed by atoms with Crippen LogP contribution in [0.1, 0.15) is 55.0 Å².